The number of aromatic nitrogens is 2. The molecule has 6 heteroatoms. The first-order valence-electron chi connectivity index (χ1n) is 6.47. The number of hydrogen-bond donors (Lipinski definition) is 2. The summed E-state index contributed by atoms with van der Waals surface area (Å²) >= 11 is 0. The van der Waals surface area contributed by atoms with E-state index in [0.29, 0.717) is 24.5 Å². The molecule has 1 fully saturated rings. The Kier molecular flexibility index (Phi) is 4.44. The van der Waals surface area contributed by atoms with E-state index < -0.39 is 6.10 Å². The predicted octanol–water partition coefficient (Wildman–Crippen LogP) is 0.480. The summed E-state index contributed by atoms with van der Waals surface area (Å²) in [5.74, 6) is 0.525. The molecule has 1 aromatic rings. The van der Waals surface area contributed by atoms with Crippen LogP contribution in [-0.2, 0) is 4.74 Å². The zero-order valence-electron chi connectivity index (χ0n) is 11.2. The van der Waals surface area contributed by atoms with Crippen molar-refractivity contribution in [3.8, 4) is 0 Å². The molecule has 0 radical (unpaired) electrons. The van der Waals surface area contributed by atoms with Gasteiger partial charge in [0.1, 0.15) is 11.5 Å². The van der Waals surface area contributed by atoms with Crippen LogP contribution in [0.15, 0.2) is 12.3 Å². The number of amides is 1. The normalized spacial score (nSPS) is 23.4. The van der Waals surface area contributed by atoms with Gasteiger partial charge in [-0.25, -0.2) is 9.97 Å². The van der Waals surface area contributed by atoms with E-state index in [-0.39, 0.29) is 24.5 Å². The number of rotatable bonds is 3. The number of nitrogens with one attached hydrogen (secondary N) is 1. The molecule has 104 valence electrons. The largest absolute Gasteiger partial charge is 0.389 e. The van der Waals surface area contributed by atoms with Crippen LogP contribution in [0.3, 0.4) is 0 Å². The van der Waals surface area contributed by atoms with Gasteiger partial charge in [-0.2, -0.15) is 0 Å². The van der Waals surface area contributed by atoms with Gasteiger partial charge < -0.3 is 15.2 Å². The van der Waals surface area contributed by atoms with Crippen molar-refractivity contribution in [2.75, 3.05) is 13.2 Å². The van der Waals surface area contributed by atoms with Gasteiger partial charge in [-0.1, -0.05) is 13.8 Å². The van der Waals surface area contributed by atoms with Gasteiger partial charge in [0.25, 0.3) is 5.91 Å². The van der Waals surface area contributed by atoms with E-state index in [2.05, 4.69) is 15.3 Å². The Morgan fingerprint density at radius 3 is 3.05 bits per heavy atom. The number of carbonyl (C=O) groups is 1. The third kappa shape index (κ3) is 3.48. The number of carbonyl (C=O) groups excluding carboxylic acids is 1. The molecule has 1 aromatic heterocycles. The highest BCUT2D eigenvalue weighted by Crippen LogP contribution is 2.10. The molecule has 0 unspecified atom stereocenters. The molecule has 1 amide bonds. The average Bonchev–Trinajstić information content (AvgIpc) is 2.41. The molecule has 2 rings (SSSR count). The maximum absolute atomic E-state index is 12.1. The molecule has 1 aliphatic rings. The molecule has 0 aliphatic carbocycles. The van der Waals surface area contributed by atoms with Crippen LogP contribution in [0.2, 0.25) is 0 Å². The molecule has 1 aliphatic heterocycles. The van der Waals surface area contributed by atoms with E-state index in [1.807, 2.05) is 13.8 Å². The van der Waals surface area contributed by atoms with Crippen molar-refractivity contribution in [2.24, 2.45) is 0 Å². The standard InChI is InChI=1S/C13H19N3O3/c1-8(2)12-14-5-3-10(15-12)13(18)16-9-4-6-19-7-11(9)17/h3,5,8-9,11,17H,4,6-7H2,1-2H3,(H,16,18)/t9-,11-/m1/s1. The van der Waals surface area contributed by atoms with Gasteiger partial charge in [0.05, 0.1) is 18.8 Å². The quantitative estimate of drug-likeness (QED) is 0.830. The number of aliphatic hydroxyl groups excluding tert-OH is 1. The molecule has 0 spiro atoms. The Morgan fingerprint density at radius 1 is 1.58 bits per heavy atom. The summed E-state index contributed by atoms with van der Waals surface area (Å²) in [5, 5.41) is 12.5. The van der Waals surface area contributed by atoms with Crippen LogP contribution in [0.5, 0.6) is 0 Å². The summed E-state index contributed by atoms with van der Waals surface area (Å²) in [5.41, 5.74) is 0.331. The second-order valence-corrected chi connectivity index (χ2v) is 4.97. The number of ether oxygens (including phenoxy) is 1. The van der Waals surface area contributed by atoms with Crippen LogP contribution in [-0.4, -0.2) is 46.3 Å². The van der Waals surface area contributed by atoms with Crippen LogP contribution in [0.1, 0.15) is 42.5 Å². The van der Waals surface area contributed by atoms with Crippen molar-refractivity contribution >= 4 is 5.91 Å². The van der Waals surface area contributed by atoms with Gasteiger partial charge in [0.15, 0.2) is 0 Å². The summed E-state index contributed by atoms with van der Waals surface area (Å²) < 4.78 is 5.12. The molecule has 19 heavy (non-hydrogen) atoms. The average molecular weight is 265 g/mol. The Labute approximate surface area is 112 Å². The van der Waals surface area contributed by atoms with E-state index in [0.717, 1.165) is 0 Å². The smallest absolute Gasteiger partial charge is 0.270 e. The molecule has 2 atom stereocenters. The molecule has 1 saturated heterocycles. The lowest BCUT2D eigenvalue weighted by atomic mass is 10.1. The third-order valence-corrected chi connectivity index (χ3v) is 3.07. The van der Waals surface area contributed by atoms with Crippen LogP contribution >= 0.6 is 0 Å². The van der Waals surface area contributed by atoms with Crippen molar-refractivity contribution in [2.45, 2.75) is 38.3 Å². The lowest BCUT2D eigenvalue weighted by Gasteiger charge is -2.28. The summed E-state index contributed by atoms with van der Waals surface area (Å²) in [4.78, 5) is 20.4. The van der Waals surface area contributed by atoms with Gasteiger partial charge in [-0.15, -0.1) is 0 Å². The lowest BCUT2D eigenvalue weighted by molar-refractivity contribution is -0.0261. The minimum atomic E-state index is -0.663. The highest BCUT2D eigenvalue weighted by Gasteiger charge is 2.26. The van der Waals surface area contributed by atoms with E-state index in [9.17, 15) is 9.90 Å². The molecule has 0 aromatic carbocycles. The van der Waals surface area contributed by atoms with Crippen molar-refractivity contribution < 1.29 is 14.6 Å². The molecular formula is C13H19N3O3. The Bertz CT molecular complexity index is 451. The Balaban J connectivity index is 2.05. The second kappa shape index (κ2) is 6.08. The first-order valence-corrected chi connectivity index (χ1v) is 6.47. The molecule has 6 nitrogen and oxygen atoms in total. The molecule has 0 saturated carbocycles. The fraction of sp³-hybridized carbons (Fsp3) is 0.615. The third-order valence-electron chi connectivity index (χ3n) is 3.07. The first-order chi connectivity index (χ1) is 9.08. The van der Waals surface area contributed by atoms with Gasteiger partial charge in [0.2, 0.25) is 0 Å². The Morgan fingerprint density at radius 2 is 2.37 bits per heavy atom. The molecular weight excluding hydrogens is 246 g/mol. The zero-order valence-corrected chi connectivity index (χ0v) is 11.2. The van der Waals surface area contributed by atoms with Crippen molar-refractivity contribution in [1.29, 1.82) is 0 Å². The zero-order chi connectivity index (χ0) is 13.8. The number of nitrogens with zero attached hydrogens (tertiary/aromatic N) is 2. The maximum atomic E-state index is 12.1. The van der Waals surface area contributed by atoms with Gasteiger partial charge in [-0.3, -0.25) is 4.79 Å². The topological polar surface area (TPSA) is 84.3 Å². The lowest BCUT2D eigenvalue weighted by Crippen LogP contribution is -2.48. The van der Waals surface area contributed by atoms with Crippen LogP contribution in [0, 0.1) is 0 Å². The Hall–Kier alpha value is -1.53. The SMILES string of the molecule is CC(C)c1nccc(C(=O)N[C@@H]2CCOC[C@H]2O)n1. The minimum Gasteiger partial charge on any atom is -0.389 e. The summed E-state index contributed by atoms with van der Waals surface area (Å²) in [6.07, 6.45) is 1.52. The number of hydrogen-bond acceptors (Lipinski definition) is 5. The van der Waals surface area contributed by atoms with E-state index in [1.54, 1.807) is 12.3 Å². The van der Waals surface area contributed by atoms with E-state index in [4.69, 9.17) is 4.74 Å². The first kappa shape index (κ1) is 13.9. The van der Waals surface area contributed by atoms with E-state index in [1.165, 1.54) is 0 Å². The van der Waals surface area contributed by atoms with Gasteiger partial charge in [0, 0.05) is 18.7 Å². The van der Waals surface area contributed by atoms with Crippen LogP contribution < -0.4 is 5.32 Å². The van der Waals surface area contributed by atoms with Crippen molar-refractivity contribution in [1.82, 2.24) is 15.3 Å². The molecule has 0 bridgehead atoms. The summed E-state index contributed by atoms with van der Waals surface area (Å²) in [6.45, 7) is 4.74. The highest BCUT2D eigenvalue weighted by molar-refractivity contribution is 5.92. The van der Waals surface area contributed by atoms with Crippen molar-refractivity contribution in [3.63, 3.8) is 0 Å². The molecule has 2 N–H and O–H groups in total. The summed E-state index contributed by atoms with van der Waals surface area (Å²) in [7, 11) is 0. The summed E-state index contributed by atoms with van der Waals surface area (Å²) in [6, 6.07) is 1.30. The fourth-order valence-electron chi connectivity index (χ4n) is 1.91. The maximum Gasteiger partial charge on any atom is 0.270 e. The molecule has 2 heterocycles. The second-order valence-electron chi connectivity index (χ2n) is 4.97. The van der Waals surface area contributed by atoms with Gasteiger partial charge >= 0.3 is 0 Å². The predicted molar refractivity (Wildman–Crippen MR) is 68.8 cm³/mol. The number of aliphatic hydroxyl groups is 1. The monoisotopic (exact) mass is 265 g/mol. The van der Waals surface area contributed by atoms with Crippen LogP contribution in [0.25, 0.3) is 0 Å². The highest BCUT2D eigenvalue weighted by atomic mass is 16.5. The minimum absolute atomic E-state index is 0.168. The van der Waals surface area contributed by atoms with E-state index >= 15 is 0 Å². The fourth-order valence-corrected chi connectivity index (χ4v) is 1.91. The van der Waals surface area contributed by atoms with Crippen molar-refractivity contribution in [3.05, 3.63) is 23.8 Å². The van der Waals surface area contributed by atoms with Crippen LogP contribution in [0.4, 0.5) is 0 Å². The van der Waals surface area contributed by atoms with Gasteiger partial charge in [-0.05, 0) is 12.5 Å².